The summed E-state index contributed by atoms with van der Waals surface area (Å²) in [4.78, 5) is 6.69. The van der Waals surface area contributed by atoms with Gasteiger partial charge in [-0.2, -0.15) is 0 Å². The van der Waals surface area contributed by atoms with Crippen molar-refractivity contribution in [3.8, 4) is 0 Å². The van der Waals surface area contributed by atoms with Gasteiger partial charge in [-0.15, -0.1) is 0 Å². The molecular weight excluding hydrogens is 226 g/mol. The number of likely N-dealkylation sites (tertiary alicyclic amines) is 1. The van der Waals surface area contributed by atoms with E-state index < -0.39 is 0 Å². The van der Waals surface area contributed by atoms with Crippen molar-refractivity contribution in [2.24, 2.45) is 10.9 Å². The monoisotopic (exact) mass is 255 g/mol. The molecule has 18 heavy (non-hydrogen) atoms. The van der Waals surface area contributed by atoms with E-state index in [1.807, 2.05) is 7.05 Å². The number of rotatable bonds is 6. The van der Waals surface area contributed by atoms with Crippen LogP contribution in [-0.2, 0) is 4.74 Å². The van der Waals surface area contributed by atoms with Crippen molar-refractivity contribution in [1.82, 2.24) is 10.2 Å². The molecule has 1 N–H and O–H groups in total. The second kappa shape index (κ2) is 8.35. The number of aliphatic imine (C=N–C) groups is 1. The molecule has 0 aromatic heterocycles. The van der Waals surface area contributed by atoms with Crippen molar-refractivity contribution in [3.63, 3.8) is 0 Å². The van der Waals surface area contributed by atoms with Gasteiger partial charge in [0.1, 0.15) is 0 Å². The molecular formula is C14H29N3O. The van der Waals surface area contributed by atoms with Crippen molar-refractivity contribution < 1.29 is 4.74 Å². The van der Waals surface area contributed by atoms with Gasteiger partial charge in [0, 0.05) is 33.3 Å². The molecule has 0 aromatic carbocycles. The number of guanidine groups is 1. The number of hydrogen-bond acceptors (Lipinski definition) is 2. The smallest absolute Gasteiger partial charge is 0.193 e. The zero-order chi connectivity index (χ0) is 13.4. The van der Waals surface area contributed by atoms with E-state index in [4.69, 9.17) is 4.74 Å². The summed E-state index contributed by atoms with van der Waals surface area (Å²) >= 11 is 0. The highest BCUT2D eigenvalue weighted by Crippen LogP contribution is 2.11. The van der Waals surface area contributed by atoms with E-state index in [0.29, 0.717) is 12.0 Å². The fourth-order valence-electron chi connectivity index (χ4n) is 2.41. The highest BCUT2D eigenvalue weighted by Gasteiger charge is 2.17. The Morgan fingerprint density at radius 2 is 2.00 bits per heavy atom. The van der Waals surface area contributed by atoms with Gasteiger partial charge in [0.25, 0.3) is 0 Å². The Hall–Kier alpha value is -0.770. The lowest BCUT2D eigenvalue weighted by atomic mass is 10.0. The van der Waals surface area contributed by atoms with Crippen molar-refractivity contribution >= 4 is 5.96 Å². The Kier molecular flexibility index (Phi) is 7.09. The lowest BCUT2D eigenvalue weighted by molar-refractivity contribution is 0.0257. The van der Waals surface area contributed by atoms with Crippen LogP contribution in [-0.4, -0.2) is 50.3 Å². The highest BCUT2D eigenvalue weighted by molar-refractivity contribution is 5.80. The molecule has 1 atom stereocenters. The molecule has 1 fully saturated rings. The maximum Gasteiger partial charge on any atom is 0.193 e. The highest BCUT2D eigenvalue weighted by atomic mass is 16.5. The predicted molar refractivity (Wildman–Crippen MR) is 77.0 cm³/mol. The first-order chi connectivity index (χ1) is 8.69. The first-order valence-electron chi connectivity index (χ1n) is 7.26. The maximum atomic E-state index is 5.75. The second-order valence-corrected chi connectivity index (χ2v) is 5.19. The average molecular weight is 255 g/mol. The van der Waals surface area contributed by atoms with Gasteiger partial charge in [-0.1, -0.05) is 13.8 Å². The topological polar surface area (TPSA) is 36.9 Å². The molecule has 106 valence electrons. The van der Waals surface area contributed by atoms with Crippen LogP contribution in [0.2, 0.25) is 0 Å². The normalized spacial score (nSPS) is 18.5. The third kappa shape index (κ3) is 4.84. The minimum Gasteiger partial charge on any atom is -0.378 e. The Balaban J connectivity index is 2.29. The molecule has 1 saturated heterocycles. The van der Waals surface area contributed by atoms with E-state index in [1.165, 1.54) is 12.8 Å². The number of hydrogen-bond donors (Lipinski definition) is 1. The number of nitrogens with zero attached hydrogens (tertiary/aromatic N) is 2. The van der Waals surface area contributed by atoms with E-state index >= 15 is 0 Å². The molecule has 0 spiro atoms. The summed E-state index contributed by atoms with van der Waals surface area (Å²) in [5.41, 5.74) is 0. The molecule has 1 aliphatic rings. The summed E-state index contributed by atoms with van der Waals surface area (Å²) in [5, 5.41) is 3.45. The van der Waals surface area contributed by atoms with Gasteiger partial charge < -0.3 is 15.0 Å². The Morgan fingerprint density at radius 1 is 1.33 bits per heavy atom. The van der Waals surface area contributed by atoms with E-state index in [1.54, 1.807) is 0 Å². The Bertz CT molecular complexity index is 247. The second-order valence-electron chi connectivity index (χ2n) is 5.19. The van der Waals surface area contributed by atoms with E-state index in [2.05, 4.69) is 36.0 Å². The maximum absolute atomic E-state index is 5.75. The Labute approximate surface area is 112 Å². The summed E-state index contributed by atoms with van der Waals surface area (Å²) in [6.07, 6.45) is 3.96. The van der Waals surface area contributed by atoms with Crippen LogP contribution < -0.4 is 5.32 Å². The zero-order valence-corrected chi connectivity index (χ0v) is 12.4. The standard InChI is InChI=1S/C14H29N3O/c1-5-18-13(12(2)3)8-9-16-14(15-4)17-10-6-7-11-17/h12-13H,5-11H2,1-4H3,(H,15,16). The van der Waals surface area contributed by atoms with Gasteiger partial charge in [0.15, 0.2) is 5.96 Å². The minimum absolute atomic E-state index is 0.346. The summed E-state index contributed by atoms with van der Waals surface area (Å²) < 4.78 is 5.75. The fourth-order valence-corrected chi connectivity index (χ4v) is 2.41. The lowest BCUT2D eigenvalue weighted by Gasteiger charge is -2.24. The van der Waals surface area contributed by atoms with Crippen molar-refractivity contribution in [2.45, 2.75) is 46.1 Å². The van der Waals surface area contributed by atoms with Gasteiger partial charge in [0.2, 0.25) is 0 Å². The van der Waals surface area contributed by atoms with E-state index in [-0.39, 0.29) is 0 Å². The molecule has 0 radical (unpaired) electrons. The largest absolute Gasteiger partial charge is 0.378 e. The first-order valence-corrected chi connectivity index (χ1v) is 7.26. The molecule has 1 heterocycles. The summed E-state index contributed by atoms with van der Waals surface area (Å²) in [6, 6.07) is 0. The van der Waals surface area contributed by atoms with E-state index in [9.17, 15) is 0 Å². The van der Waals surface area contributed by atoms with Crippen LogP contribution in [0, 0.1) is 5.92 Å². The fraction of sp³-hybridized carbons (Fsp3) is 0.929. The van der Waals surface area contributed by atoms with Crippen molar-refractivity contribution in [2.75, 3.05) is 33.3 Å². The summed E-state index contributed by atoms with van der Waals surface area (Å²) in [6.45, 7) is 10.5. The zero-order valence-electron chi connectivity index (χ0n) is 12.4. The van der Waals surface area contributed by atoms with Crippen LogP contribution in [0.5, 0.6) is 0 Å². The quantitative estimate of drug-likeness (QED) is 0.583. The summed E-state index contributed by atoms with van der Waals surface area (Å²) in [5.74, 6) is 1.62. The number of nitrogens with one attached hydrogen (secondary N) is 1. The van der Waals surface area contributed by atoms with Crippen molar-refractivity contribution in [3.05, 3.63) is 0 Å². The predicted octanol–water partition coefficient (Wildman–Crippen LogP) is 2.11. The molecule has 4 heteroatoms. The summed E-state index contributed by atoms with van der Waals surface area (Å²) in [7, 11) is 1.86. The van der Waals surface area contributed by atoms with Gasteiger partial charge in [-0.05, 0) is 32.1 Å². The van der Waals surface area contributed by atoms with Crippen molar-refractivity contribution in [1.29, 1.82) is 0 Å². The van der Waals surface area contributed by atoms with Crippen LogP contribution in [0.1, 0.15) is 40.0 Å². The van der Waals surface area contributed by atoms with Crippen LogP contribution in [0.4, 0.5) is 0 Å². The van der Waals surface area contributed by atoms with Gasteiger partial charge in [-0.3, -0.25) is 4.99 Å². The van der Waals surface area contributed by atoms with Crippen LogP contribution in [0.3, 0.4) is 0 Å². The van der Waals surface area contributed by atoms with Crippen LogP contribution >= 0.6 is 0 Å². The lowest BCUT2D eigenvalue weighted by Crippen LogP contribution is -2.41. The Morgan fingerprint density at radius 3 is 2.50 bits per heavy atom. The van der Waals surface area contributed by atoms with Gasteiger partial charge in [0.05, 0.1) is 6.10 Å². The molecule has 0 saturated carbocycles. The molecule has 0 bridgehead atoms. The van der Waals surface area contributed by atoms with Gasteiger partial charge >= 0.3 is 0 Å². The molecule has 1 aliphatic heterocycles. The first kappa shape index (κ1) is 15.3. The van der Waals surface area contributed by atoms with Gasteiger partial charge in [-0.25, -0.2) is 0 Å². The van der Waals surface area contributed by atoms with E-state index in [0.717, 1.165) is 38.6 Å². The SMILES string of the molecule is CCOC(CCNC(=NC)N1CCCC1)C(C)C. The minimum atomic E-state index is 0.346. The van der Waals surface area contributed by atoms with Crippen LogP contribution in [0.25, 0.3) is 0 Å². The molecule has 1 rings (SSSR count). The molecule has 0 amide bonds. The van der Waals surface area contributed by atoms with Crippen LogP contribution in [0.15, 0.2) is 4.99 Å². The molecule has 0 aromatic rings. The molecule has 4 nitrogen and oxygen atoms in total. The molecule has 0 aliphatic carbocycles. The number of ether oxygens (including phenoxy) is 1. The average Bonchev–Trinajstić information content (AvgIpc) is 2.86. The third-order valence-electron chi connectivity index (χ3n) is 3.45. The third-order valence-corrected chi connectivity index (χ3v) is 3.45. The molecule has 1 unspecified atom stereocenters.